The van der Waals surface area contributed by atoms with Gasteiger partial charge in [0.05, 0.1) is 4.88 Å². The summed E-state index contributed by atoms with van der Waals surface area (Å²) in [5.41, 5.74) is 7.55. The third-order valence-electron chi connectivity index (χ3n) is 2.94. The van der Waals surface area contributed by atoms with E-state index in [2.05, 4.69) is 0 Å². The summed E-state index contributed by atoms with van der Waals surface area (Å²) in [5, 5.41) is 0. The second kappa shape index (κ2) is 5.89. The predicted octanol–water partition coefficient (Wildman–Crippen LogP) is 3.30. The molecule has 0 unspecified atom stereocenters. The van der Waals surface area contributed by atoms with Crippen molar-refractivity contribution in [3.05, 3.63) is 51.7 Å². The zero-order valence-corrected chi connectivity index (χ0v) is 12.0. The van der Waals surface area contributed by atoms with Crippen LogP contribution in [-0.4, -0.2) is 17.4 Å². The number of rotatable bonds is 4. The predicted molar refractivity (Wildman–Crippen MR) is 80.3 cm³/mol. The van der Waals surface area contributed by atoms with Gasteiger partial charge in [0, 0.05) is 23.7 Å². The number of nitrogens with two attached hydrogens (primary N) is 1. The maximum Gasteiger partial charge on any atom is 0.264 e. The molecule has 0 fully saturated rings. The summed E-state index contributed by atoms with van der Waals surface area (Å²) in [6.45, 7) is 5.28. The minimum atomic E-state index is 0.0861. The highest BCUT2D eigenvalue weighted by Crippen LogP contribution is 2.19. The molecule has 0 saturated carbocycles. The molecule has 2 N–H and O–H groups in total. The minimum absolute atomic E-state index is 0.0861. The van der Waals surface area contributed by atoms with E-state index in [4.69, 9.17) is 5.73 Å². The maximum atomic E-state index is 12.4. The van der Waals surface area contributed by atoms with Gasteiger partial charge in [0.15, 0.2) is 0 Å². The first-order chi connectivity index (χ1) is 9.10. The second-order valence-electron chi connectivity index (χ2n) is 4.47. The summed E-state index contributed by atoms with van der Waals surface area (Å²) in [7, 11) is 0. The van der Waals surface area contributed by atoms with Gasteiger partial charge in [-0.2, -0.15) is 0 Å². The Kier molecular flexibility index (Phi) is 4.22. The summed E-state index contributed by atoms with van der Waals surface area (Å²) in [5.74, 6) is 0.0861. The maximum absolute atomic E-state index is 12.4. The zero-order chi connectivity index (χ0) is 13.8. The first kappa shape index (κ1) is 13.6. The van der Waals surface area contributed by atoms with Crippen molar-refractivity contribution in [1.29, 1.82) is 0 Å². The molecule has 19 heavy (non-hydrogen) atoms. The van der Waals surface area contributed by atoms with E-state index in [1.165, 1.54) is 11.3 Å². The molecule has 0 atom stereocenters. The van der Waals surface area contributed by atoms with E-state index in [0.29, 0.717) is 13.1 Å². The average molecular weight is 274 g/mol. The highest BCUT2D eigenvalue weighted by atomic mass is 32.1. The molecule has 0 spiro atoms. The lowest BCUT2D eigenvalue weighted by Crippen LogP contribution is -2.29. The molecule has 0 radical (unpaired) electrons. The minimum Gasteiger partial charge on any atom is -0.399 e. The van der Waals surface area contributed by atoms with E-state index < -0.39 is 0 Å². The fourth-order valence-electron chi connectivity index (χ4n) is 1.94. The lowest BCUT2D eigenvalue weighted by Gasteiger charge is -2.20. The first-order valence-electron chi connectivity index (χ1n) is 6.30. The van der Waals surface area contributed by atoms with Gasteiger partial charge in [0.1, 0.15) is 0 Å². The van der Waals surface area contributed by atoms with Gasteiger partial charge in [-0.3, -0.25) is 4.79 Å². The number of benzene rings is 1. The lowest BCUT2D eigenvalue weighted by molar-refractivity contribution is 0.0757. The Morgan fingerprint density at radius 1 is 1.32 bits per heavy atom. The van der Waals surface area contributed by atoms with Gasteiger partial charge in [-0.05, 0) is 43.7 Å². The molecule has 1 aromatic heterocycles. The molecule has 0 aliphatic heterocycles. The van der Waals surface area contributed by atoms with Gasteiger partial charge >= 0.3 is 0 Å². The van der Waals surface area contributed by atoms with Gasteiger partial charge < -0.3 is 10.6 Å². The van der Waals surface area contributed by atoms with Crippen molar-refractivity contribution in [2.75, 3.05) is 12.3 Å². The van der Waals surface area contributed by atoms with Crippen LogP contribution in [0.2, 0.25) is 0 Å². The number of nitrogens with zero attached hydrogens (tertiary/aromatic N) is 1. The van der Waals surface area contributed by atoms with Crippen LogP contribution in [0, 0.1) is 6.92 Å². The fraction of sp³-hybridized carbons (Fsp3) is 0.267. The Morgan fingerprint density at radius 3 is 2.68 bits per heavy atom. The summed E-state index contributed by atoms with van der Waals surface area (Å²) in [6.07, 6.45) is 0. The summed E-state index contributed by atoms with van der Waals surface area (Å²) in [6, 6.07) is 11.5. The van der Waals surface area contributed by atoms with Crippen LogP contribution in [0.5, 0.6) is 0 Å². The SMILES string of the molecule is CCN(Cc1cccc(N)c1)C(=O)c1ccc(C)s1. The van der Waals surface area contributed by atoms with Gasteiger partial charge in [0.25, 0.3) is 5.91 Å². The molecule has 1 amide bonds. The Balaban J connectivity index is 2.14. The number of hydrogen-bond donors (Lipinski definition) is 1. The number of aryl methyl sites for hydroxylation is 1. The molecule has 0 aliphatic carbocycles. The van der Waals surface area contributed by atoms with E-state index in [9.17, 15) is 4.79 Å². The number of thiophene rings is 1. The average Bonchev–Trinajstić information content (AvgIpc) is 2.82. The van der Waals surface area contributed by atoms with Crippen LogP contribution in [0.25, 0.3) is 0 Å². The van der Waals surface area contributed by atoms with Crippen LogP contribution in [0.4, 0.5) is 5.69 Å². The Labute approximate surface area is 117 Å². The van der Waals surface area contributed by atoms with Crippen molar-refractivity contribution >= 4 is 22.9 Å². The van der Waals surface area contributed by atoms with Crippen LogP contribution < -0.4 is 5.73 Å². The van der Waals surface area contributed by atoms with E-state index >= 15 is 0 Å². The van der Waals surface area contributed by atoms with Crippen molar-refractivity contribution in [1.82, 2.24) is 4.90 Å². The topological polar surface area (TPSA) is 46.3 Å². The molecule has 0 aliphatic rings. The summed E-state index contributed by atoms with van der Waals surface area (Å²) >= 11 is 1.54. The molecule has 1 heterocycles. The smallest absolute Gasteiger partial charge is 0.264 e. The Hall–Kier alpha value is -1.81. The normalized spacial score (nSPS) is 10.4. The highest BCUT2D eigenvalue weighted by Gasteiger charge is 2.16. The number of anilines is 1. The van der Waals surface area contributed by atoms with Crippen LogP contribution >= 0.6 is 11.3 Å². The molecule has 3 nitrogen and oxygen atoms in total. The second-order valence-corrected chi connectivity index (χ2v) is 5.76. The fourth-order valence-corrected chi connectivity index (χ4v) is 2.78. The van der Waals surface area contributed by atoms with Crippen molar-refractivity contribution < 1.29 is 4.79 Å². The molecular formula is C15H18N2OS. The van der Waals surface area contributed by atoms with Gasteiger partial charge in [-0.25, -0.2) is 0 Å². The molecular weight excluding hydrogens is 256 g/mol. The number of hydrogen-bond acceptors (Lipinski definition) is 3. The van der Waals surface area contributed by atoms with Gasteiger partial charge in [0.2, 0.25) is 0 Å². The van der Waals surface area contributed by atoms with E-state index in [1.807, 2.05) is 55.1 Å². The van der Waals surface area contributed by atoms with Crippen molar-refractivity contribution in [2.45, 2.75) is 20.4 Å². The molecule has 1 aromatic carbocycles. The third-order valence-corrected chi connectivity index (χ3v) is 3.93. The standard InChI is InChI=1S/C15H18N2OS/c1-3-17(10-12-5-4-6-13(16)9-12)15(18)14-8-7-11(2)19-14/h4-9H,3,10,16H2,1-2H3. The number of carbonyl (C=O) groups is 1. The molecule has 100 valence electrons. The summed E-state index contributed by atoms with van der Waals surface area (Å²) in [4.78, 5) is 16.2. The zero-order valence-electron chi connectivity index (χ0n) is 11.2. The quantitative estimate of drug-likeness (QED) is 0.869. The third kappa shape index (κ3) is 3.35. The monoisotopic (exact) mass is 274 g/mol. The first-order valence-corrected chi connectivity index (χ1v) is 7.12. The Morgan fingerprint density at radius 2 is 2.11 bits per heavy atom. The molecule has 0 bridgehead atoms. The van der Waals surface area contributed by atoms with Crippen molar-refractivity contribution in [2.24, 2.45) is 0 Å². The lowest BCUT2D eigenvalue weighted by atomic mass is 10.2. The molecule has 4 heteroatoms. The molecule has 0 saturated heterocycles. The van der Waals surface area contributed by atoms with E-state index in [0.717, 1.165) is 21.0 Å². The summed E-state index contributed by atoms with van der Waals surface area (Å²) < 4.78 is 0. The number of amides is 1. The van der Waals surface area contributed by atoms with Crippen molar-refractivity contribution in [3.63, 3.8) is 0 Å². The van der Waals surface area contributed by atoms with Crippen LogP contribution in [0.15, 0.2) is 36.4 Å². The molecule has 2 aromatic rings. The Bertz CT molecular complexity index is 577. The van der Waals surface area contributed by atoms with Crippen LogP contribution in [0.1, 0.15) is 27.0 Å². The highest BCUT2D eigenvalue weighted by molar-refractivity contribution is 7.13. The van der Waals surface area contributed by atoms with E-state index in [-0.39, 0.29) is 5.91 Å². The van der Waals surface area contributed by atoms with Gasteiger partial charge in [-0.1, -0.05) is 12.1 Å². The number of carbonyl (C=O) groups excluding carboxylic acids is 1. The molecule has 2 rings (SSSR count). The van der Waals surface area contributed by atoms with Crippen molar-refractivity contribution in [3.8, 4) is 0 Å². The largest absolute Gasteiger partial charge is 0.399 e. The number of nitrogen functional groups attached to an aromatic ring is 1. The van der Waals surface area contributed by atoms with E-state index in [1.54, 1.807) is 0 Å². The van der Waals surface area contributed by atoms with Crippen LogP contribution in [0.3, 0.4) is 0 Å². The van der Waals surface area contributed by atoms with Crippen LogP contribution in [-0.2, 0) is 6.54 Å². The van der Waals surface area contributed by atoms with Gasteiger partial charge in [-0.15, -0.1) is 11.3 Å².